The van der Waals surface area contributed by atoms with Gasteiger partial charge in [-0.3, -0.25) is 4.79 Å². The zero-order valence-electron chi connectivity index (χ0n) is 14.3. The van der Waals surface area contributed by atoms with Gasteiger partial charge in [-0.25, -0.2) is 4.98 Å². The summed E-state index contributed by atoms with van der Waals surface area (Å²) >= 11 is 0. The summed E-state index contributed by atoms with van der Waals surface area (Å²) in [6, 6.07) is 0. The Morgan fingerprint density at radius 1 is 1.13 bits per heavy atom. The molecular formula is C17H29N5O. The van der Waals surface area contributed by atoms with Crippen LogP contribution >= 0.6 is 0 Å². The maximum atomic E-state index is 12.8. The van der Waals surface area contributed by atoms with Gasteiger partial charge in [0, 0.05) is 25.5 Å². The van der Waals surface area contributed by atoms with Gasteiger partial charge in [0.2, 0.25) is 0 Å². The highest BCUT2D eigenvalue weighted by molar-refractivity contribution is 5.83. The van der Waals surface area contributed by atoms with Crippen molar-refractivity contribution in [3.8, 4) is 0 Å². The molecule has 6 heteroatoms. The molecule has 0 unspecified atom stereocenters. The molecule has 2 N–H and O–H groups in total. The summed E-state index contributed by atoms with van der Waals surface area (Å²) in [7, 11) is 2.20. The Morgan fingerprint density at radius 2 is 1.70 bits per heavy atom. The number of nitrogens with zero attached hydrogens (tertiary/aromatic N) is 4. The fraction of sp³-hybridized carbons (Fsp3) is 0.765. The number of carbonyl (C=O) groups is 1. The molecule has 0 spiro atoms. The zero-order valence-corrected chi connectivity index (χ0v) is 14.3. The quantitative estimate of drug-likeness (QED) is 0.906. The summed E-state index contributed by atoms with van der Waals surface area (Å²) in [6.45, 7) is 5.85. The smallest absolute Gasteiger partial charge is 0.263 e. The summed E-state index contributed by atoms with van der Waals surface area (Å²) in [5, 5.41) is 0. The molecule has 2 aliphatic heterocycles. The number of hydrogen-bond donors (Lipinski definition) is 1. The van der Waals surface area contributed by atoms with E-state index >= 15 is 0 Å². The van der Waals surface area contributed by atoms with Crippen LogP contribution in [0.5, 0.6) is 0 Å². The monoisotopic (exact) mass is 319 g/mol. The fourth-order valence-corrected chi connectivity index (χ4v) is 4.04. The summed E-state index contributed by atoms with van der Waals surface area (Å²) in [5.41, 5.74) is 5.23. The molecule has 128 valence electrons. The van der Waals surface area contributed by atoms with E-state index in [1.807, 2.05) is 4.90 Å². The van der Waals surface area contributed by atoms with Crippen LogP contribution < -0.4 is 5.73 Å². The summed E-state index contributed by atoms with van der Waals surface area (Å²) in [6.07, 6.45) is 9.86. The molecule has 0 aromatic carbocycles. The number of likely N-dealkylation sites (tertiary alicyclic amines) is 2. The molecule has 1 amide bonds. The van der Waals surface area contributed by atoms with E-state index < -0.39 is 5.66 Å². The van der Waals surface area contributed by atoms with Gasteiger partial charge in [0.1, 0.15) is 0 Å². The van der Waals surface area contributed by atoms with Crippen molar-refractivity contribution in [3.63, 3.8) is 0 Å². The first-order chi connectivity index (χ1) is 11.0. The lowest BCUT2D eigenvalue weighted by Crippen LogP contribution is -2.56. The molecule has 6 nitrogen and oxygen atoms in total. The molecule has 0 bridgehead atoms. The number of carbonyl (C=O) groups excluding carboxylic acids is 1. The molecule has 1 atom stereocenters. The number of imidazole rings is 1. The van der Waals surface area contributed by atoms with E-state index in [4.69, 9.17) is 5.73 Å². The molecule has 3 rings (SSSR count). The standard InChI is InChI=1S/C17H29N5O/c1-17(18,22-12-7-19-13-22)16(23)21-10-5-15(6-11-21)14-3-8-20(2)9-4-14/h7,12-15H,3-6,8-11,18H2,1-2H3/t17-/m0/s1. The van der Waals surface area contributed by atoms with Gasteiger partial charge in [-0.2, -0.15) is 0 Å². The Bertz CT molecular complexity index is 511. The minimum Gasteiger partial charge on any atom is -0.339 e. The second-order valence-corrected chi connectivity index (χ2v) is 7.39. The van der Waals surface area contributed by atoms with Gasteiger partial charge in [0.05, 0.1) is 6.33 Å². The lowest BCUT2D eigenvalue weighted by Gasteiger charge is -2.41. The third-order valence-corrected chi connectivity index (χ3v) is 5.73. The first-order valence-corrected chi connectivity index (χ1v) is 8.73. The third-order valence-electron chi connectivity index (χ3n) is 5.73. The Kier molecular flexibility index (Phi) is 4.73. The summed E-state index contributed by atoms with van der Waals surface area (Å²) in [4.78, 5) is 21.1. The van der Waals surface area contributed by atoms with E-state index in [2.05, 4.69) is 16.9 Å². The fourth-order valence-electron chi connectivity index (χ4n) is 4.04. The first-order valence-electron chi connectivity index (χ1n) is 8.73. The number of nitrogens with two attached hydrogens (primary N) is 1. The van der Waals surface area contributed by atoms with Gasteiger partial charge in [0.15, 0.2) is 5.66 Å². The molecule has 3 heterocycles. The number of hydrogen-bond acceptors (Lipinski definition) is 4. The topological polar surface area (TPSA) is 67.4 Å². The summed E-state index contributed by atoms with van der Waals surface area (Å²) < 4.78 is 1.69. The van der Waals surface area contributed by atoms with E-state index in [1.165, 1.54) is 25.9 Å². The van der Waals surface area contributed by atoms with Crippen LogP contribution in [0.4, 0.5) is 0 Å². The molecule has 0 aliphatic carbocycles. The average Bonchev–Trinajstić information content (AvgIpc) is 3.10. The second kappa shape index (κ2) is 6.61. The van der Waals surface area contributed by atoms with E-state index in [9.17, 15) is 4.79 Å². The zero-order chi connectivity index (χ0) is 16.4. The van der Waals surface area contributed by atoms with E-state index in [-0.39, 0.29) is 5.91 Å². The predicted octanol–water partition coefficient (Wildman–Crippen LogP) is 1.09. The van der Waals surface area contributed by atoms with Gasteiger partial charge < -0.3 is 20.1 Å². The molecule has 0 radical (unpaired) electrons. The maximum Gasteiger partial charge on any atom is 0.263 e. The lowest BCUT2D eigenvalue weighted by atomic mass is 9.79. The molecular weight excluding hydrogens is 290 g/mol. The molecule has 2 aliphatic rings. The van der Waals surface area contributed by atoms with Crippen LogP contribution in [-0.2, 0) is 10.5 Å². The minimum atomic E-state index is -1.04. The SMILES string of the molecule is CN1CCC(C2CCN(C(=O)[C@@](C)(N)n3ccnc3)CC2)CC1. The van der Waals surface area contributed by atoms with Crippen molar-refractivity contribution in [3.05, 3.63) is 18.7 Å². The molecule has 23 heavy (non-hydrogen) atoms. The number of amides is 1. The molecule has 2 fully saturated rings. The molecule has 1 aromatic rings. The van der Waals surface area contributed by atoms with Crippen molar-refractivity contribution in [2.45, 2.75) is 38.3 Å². The highest BCUT2D eigenvalue weighted by atomic mass is 16.2. The van der Waals surface area contributed by atoms with Crippen LogP contribution in [0.25, 0.3) is 0 Å². The molecule has 2 saturated heterocycles. The Balaban J connectivity index is 1.55. The maximum absolute atomic E-state index is 12.8. The highest BCUT2D eigenvalue weighted by Gasteiger charge is 2.37. The van der Waals surface area contributed by atoms with Crippen molar-refractivity contribution in [1.82, 2.24) is 19.4 Å². The average molecular weight is 319 g/mol. The Labute approximate surface area is 138 Å². The van der Waals surface area contributed by atoms with E-state index in [0.29, 0.717) is 0 Å². The minimum absolute atomic E-state index is 0.00247. The van der Waals surface area contributed by atoms with Gasteiger partial charge in [-0.1, -0.05) is 0 Å². The van der Waals surface area contributed by atoms with E-state index in [0.717, 1.165) is 37.8 Å². The highest BCUT2D eigenvalue weighted by Crippen LogP contribution is 2.32. The largest absolute Gasteiger partial charge is 0.339 e. The van der Waals surface area contributed by atoms with Crippen LogP contribution in [0.15, 0.2) is 18.7 Å². The van der Waals surface area contributed by atoms with Crippen molar-refractivity contribution in [1.29, 1.82) is 0 Å². The number of aromatic nitrogens is 2. The summed E-state index contributed by atoms with van der Waals surface area (Å²) in [5.74, 6) is 1.60. The van der Waals surface area contributed by atoms with Crippen molar-refractivity contribution >= 4 is 5.91 Å². The van der Waals surface area contributed by atoms with Crippen molar-refractivity contribution in [2.75, 3.05) is 33.2 Å². The second-order valence-electron chi connectivity index (χ2n) is 7.39. The Hall–Kier alpha value is -1.40. The van der Waals surface area contributed by atoms with Gasteiger partial charge in [0.25, 0.3) is 5.91 Å². The van der Waals surface area contributed by atoms with Gasteiger partial charge in [-0.05, 0) is 64.6 Å². The van der Waals surface area contributed by atoms with Gasteiger partial charge in [-0.15, -0.1) is 0 Å². The normalized spacial score (nSPS) is 24.6. The Morgan fingerprint density at radius 3 is 2.22 bits per heavy atom. The molecule has 0 saturated carbocycles. The van der Waals surface area contributed by atoms with Crippen LogP contribution in [0.3, 0.4) is 0 Å². The van der Waals surface area contributed by atoms with Crippen LogP contribution in [0.2, 0.25) is 0 Å². The van der Waals surface area contributed by atoms with Crippen molar-refractivity contribution < 1.29 is 4.79 Å². The number of piperidine rings is 2. The van der Waals surface area contributed by atoms with Crippen LogP contribution in [-0.4, -0.2) is 58.5 Å². The predicted molar refractivity (Wildman–Crippen MR) is 89.6 cm³/mol. The molecule has 1 aromatic heterocycles. The van der Waals surface area contributed by atoms with Crippen molar-refractivity contribution in [2.24, 2.45) is 17.6 Å². The third kappa shape index (κ3) is 3.43. The van der Waals surface area contributed by atoms with Crippen LogP contribution in [0.1, 0.15) is 32.6 Å². The van der Waals surface area contributed by atoms with Gasteiger partial charge >= 0.3 is 0 Å². The van der Waals surface area contributed by atoms with E-state index in [1.54, 1.807) is 30.2 Å². The lowest BCUT2D eigenvalue weighted by molar-refractivity contribution is -0.141. The number of rotatable bonds is 3. The van der Waals surface area contributed by atoms with Crippen LogP contribution in [0, 0.1) is 11.8 Å². The first kappa shape index (κ1) is 16.5.